The van der Waals surface area contributed by atoms with Crippen LogP contribution in [0, 0.1) is 11.3 Å². The zero-order chi connectivity index (χ0) is 20.2. The first-order valence-electron chi connectivity index (χ1n) is 7.48. The summed E-state index contributed by atoms with van der Waals surface area (Å²) in [6, 6.07) is 10.7. The molecule has 6 nitrogen and oxygen atoms in total. The van der Waals surface area contributed by atoms with Crippen LogP contribution in [-0.4, -0.2) is 32.8 Å². The molecule has 0 fully saturated rings. The van der Waals surface area contributed by atoms with Crippen molar-refractivity contribution in [3.05, 3.63) is 59.7 Å². The lowest BCUT2D eigenvalue weighted by Gasteiger charge is -2.17. The molecule has 1 amide bonds. The van der Waals surface area contributed by atoms with Gasteiger partial charge in [-0.3, -0.25) is 9.52 Å². The minimum Gasteiger partial charge on any atom is -0.328 e. The van der Waals surface area contributed by atoms with Crippen molar-refractivity contribution in [1.82, 2.24) is 4.90 Å². The molecule has 2 rings (SSSR count). The van der Waals surface area contributed by atoms with Crippen LogP contribution in [0.4, 0.5) is 18.9 Å². The molecular formula is C17H14F3N3O3S. The van der Waals surface area contributed by atoms with Gasteiger partial charge in [-0.05, 0) is 30.3 Å². The zero-order valence-electron chi connectivity index (χ0n) is 14.0. The number of halogens is 3. The smallest absolute Gasteiger partial charge is 0.328 e. The number of benzene rings is 2. The summed E-state index contributed by atoms with van der Waals surface area (Å²) in [5, 5.41) is 8.68. The number of rotatable bonds is 5. The van der Waals surface area contributed by atoms with Crippen LogP contribution in [0.15, 0.2) is 53.4 Å². The Bertz CT molecular complexity index is 998. The Morgan fingerprint density at radius 2 is 1.85 bits per heavy atom. The Labute approximate surface area is 153 Å². The second kappa shape index (κ2) is 7.67. The fourth-order valence-corrected chi connectivity index (χ4v) is 3.31. The van der Waals surface area contributed by atoms with Gasteiger partial charge in [0.25, 0.3) is 15.9 Å². The third-order valence-corrected chi connectivity index (χ3v) is 4.89. The number of alkyl halides is 3. The summed E-state index contributed by atoms with van der Waals surface area (Å²) in [5.41, 5.74) is -1.25. The Morgan fingerprint density at radius 3 is 2.48 bits per heavy atom. The maximum atomic E-state index is 12.8. The van der Waals surface area contributed by atoms with Crippen molar-refractivity contribution in [2.75, 3.05) is 18.3 Å². The summed E-state index contributed by atoms with van der Waals surface area (Å²) in [6.45, 7) is -0.215. The summed E-state index contributed by atoms with van der Waals surface area (Å²) in [6.07, 6.45) is -4.70. The number of nitriles is 1. The third-order valence-electron chi connectivity index (χ3n) is 3.53. The van der Waals surface area contributed by atoms with E-state index in [4.69, 9.17) is 5.26 Å². The van der Waals surface area contributed by atoms with Gasteiger partial charge in [-0.15, -0.1) is 0 Å². The van der Waals surface area contributed by atoms with Crippen LogP contribution in [-0.2, 0) is 16.2 Å². The first-order chi connectivity index (χ1) is 12.6. The lowest BCUT2D eigenvalue weighted by Crippen LogP contribution is -2.28. The average molecular weight is 397 g/mol. The molecule has 0 bridgehead atoms. The molecule has 0 aliphatic heterocycles. The summed E-state index contributed by atoms with van der Waals surface area (Å²) >= 11 is 0. The molecule has 0 saturated carbocycles. The maximum Gasteiger partial charge on any atom is 0.416 e. The van der Waals surface area contributed by atoms with Crippen molar-refractivity contribution >= 4 is 21.6 Å². The van der Waals surface area contributed by atoms with E-state index in [1.807, 2.05) is 0 Å². The highest BCUT2D eigenvalue weighted by Gasteiger charge is 2.32. The molecule has 2 aromatic rings. The van der Waals surface area contributed by atoms with E-state index in [2.05, 4.69) is 4.72 Å². The van der Waals surface area contributed by atoms with Crippen molar-refractivity contribution in [3.8, 4) is 6.07 Å². The number of anilines is 1. The molecule has 27 heavy (non-hydrogen) atoms. The van der Waals surface area contributed by atoms with Crippen LogP contribution in [0.1, 0.15) is 15.9 Å². The summed E-state index contributed by atoms with van der Waals surface area (Å²) in [5.74, 6) is -0.612. The lowest BCUT2D eigenvalue weighted by atomic mass is 10.1. The van der Waals surface area contributed by atoms with Crippen LogP contribution in [0.25, 0.3) is 0 Å². The van der Waals surface area contributed by atoms with E-state index < -0.39 is 32.6 Å². The van der Waals surface area contributed by atoms with E-state index >= 15 is 0 Å². The van der Waals surface area contributed by atoms with Gasteiger partial charge in [0, 0.05) is 7.05 Å². The van der Waals surface area contributed by atoms with Crippen LogP contribution >= 0.6 is 0 Å². The van der Waals surface area contributed by atoms with Gasteiger partial charge < -0.3 is 4.90 Å². The number of nitrogens with one attached hydrogen (secondary N) is 1. The minimum atomic E-state index is -4.70. The summed E-state index contributed by atoms with van der Waals surface area (Å²) in [4.78, 5) is 12.8. The molecule has 0 radical (unpaired) electrons. The number of carbonyl (C=O) groups is 1. The molecule has 0 saturated heterocycles. The SMILES string of the molecule is CN(CC#N)C(=O)c1ccccc1NS(=O)(=O)c1cccc(C(F)(F)F)c1. The van der Waals surface area contributed by atoms with Crippen LogP contribution < -0.4 is 4.72 Å². The minimum absolute atomic E-state index is 0.0363. The van der Waals surface area contributed by atoms with Gasteiger partial charge in [0.15, 0.2) is 0 Å². The number of hydrogen-bond donors (Lipinski definition) is 1. The molecule has 0 unspecified atom stereocenters. The van der Waals surface area contributed by atoms with E-state index in [1.165, 1.54) is 31.3 Å². The normalized spacial score (nSPS) is 11.5. The highest BCUT2D eigenvalue weighted by molar-refractivity contribution is 7.92. The van der Waals surface area contributed by atoms with Crippen LogP contribution in [0.3, 0.4) is 0 Å². The van der Waals surface area contributed by atoms with Gasteiger partial charge in [-0.1, -0.05) is 18.2 Å². The Morgan fingerprint density at radius 1 is 1.19 bits per heavy atom. The Kier molecular flexibility index (Phi) is 5.75. The van der Waals surface area contributed by atoms with Crippen LogP contribution in [0.5, 0.6) is 0 Å². The predicted molar refractivity (Wildman–Crippen MR) is 91.3 cm³/mol. The van der Waals surface area contributed by atoms with E-state index in [0.29, 0.717) is 6.07 Å². The molecule has 0 aliphatic rings. The number of hydrogen-bond acceptors (Lipinski definition) is 4. The largest absolute Gasteiger partial charge is 0.416 e. The zero-order valence-corrected chi connectivity index (χ0v) is 14.8. The summed E-state index contributed by atoms with van der Waals surface area (Å²) in [7, 11) is -3.01. The van der Waals surface area contributed by atoms with Crippen molar-refractivity contribution in [2.24, 2.45) is 0 Å². The molecule has 0 heterocycles. The topological polar surface area (TPSA) is 90.3 Å². The second-order valence-corrected chi connectivity index (χ2v) is 7.18. The van der Waals surface area contributed by atoms with E-state index in [0.717, 1.165) is 23.1 Å². The standard InChI is InChI=1S/C17H14F3N3O3S/c1-23(10-9-21)16(24)14-7-2-3-8-15(14)22-27(25,26)13-6-4-5-12(11-13)17(18,19)20/h2-8,11,22H,10H2,1H3. The van der Waals surface area contributed by atoms with Gasteiger partial charge in [-0.2, -0.15) is 18.4 Å². The maximum absolute atomic E-state index is 12.8. The number of nitrogens with zero attached hydrogens (tertiary/aromatic N) is 2. The molecule has 2 aromatic carbocycles. The first-order valence-corrected chi connectivity index (χ1v) is 8.96. The molecule has 10 heteroatoms. The fourth-order valence-electron chi connectivity index (χ4n) is 2.19. The van der Waals surface area contributed by atoms with Gasteiger partial charge >= 0.3 is 6.18 Å². The average Bonchev–Trinajstić information content (AvgIpc) is 2.61. The molecule has 0 atom stereocenters. The molecule has 1 N–H and O–H groups in total. The highest BCUT2D eigenvalue weighted by atomic mass is 32.2. The van der Waals surface area contributed by atoms with E-state index in [-0.39, 0.29) is 17.8 Å². The van der Waals surface area contributed by atoms with E-state index in [9.17, 15) is 26.4 Å². The molecule has 0 spiro atoms. The van der Waals surface area contributed by atoms with Gasteiger partial charge in [0.05, 0.1) is 27.8 Å². The highest BCUT2D eigenvalue weighted by Crippen LogP contribution is 2.31. The van der Waals surface area contributed by atoms with Gasteiger partial charge in [0.1, 0.15) is 6.54 Å². The molecule has 0 aliphatic carbocycles. The lowest BCUT2D eigenvalue weighted by molar-refractivity contribution is -0.137. The summed E-state index contributed by atoms with van der Waals surface area (Å²) < 4.78 is 65.6. The molecule has 0 aromatic heterocycles. The third kappa shape index (κ3) is 4.77. The quantitative estimate of drug-likeness (QED) is 0.785. The Balaban J connectivity index is 2.40. The van der Waals surface area contributed by atoms with Gasteiger partial charge in [-0.25, -0.2) is 8.42 Å². The first kappa shape index (κ1) is 20.3. The van der Waals surface area contributed by atoms with Crippen molar-refractivity contribution in [2.45, 2.75) is 11.1 Å². The Hall–Kier alpha value is -3.06. The predicted octanol–water partition coefficient (Wildman–Crippen LogP) is 3.10. The van der Waals surface area contributed by atoms with Crippen molar-refractivity contribution in [3.63, 3.8) is 0 Å². The molecular weight excluding hydrogens is 383 g/mol. The fraction of sp³-hybridized carbons (Fsp3) is 0.176. The molecule has 142 valence electrons. The van der Waals surface area contributed by atoms with Crippen molar-refractivity contribution in [1.29, 1.82) is 5.26 Å². The van der Waals surface area contributed by atoms with Crippen LogP contribution in [0.2, 0.25) is 0 Å². The van der Waals surface area contributed by atoms with Gasteiger partial charge in [0.2, 0.25) is 0 Å². The number of sulfonamides is 1. The number of para-hydroxylation sites is 1. The number of carbonyl (C=O) groups excluding carboxylic acids is 1. The second-order valence-electron chi connectivity index (χ2n) is 5.50. The number of amides is 1. The monoisotopic (exact) mass is 397 g/mol. The van der Waals surface area contributed by atoms with E-state index in [1.54, 1.807) is 6.07 Å². The van der Waals surface area contributed by atoms with Crippen molar-refractivity contribution < 1.29 is 26.4 Å².